The average Bonchev–Trinajstić information content (AvgIpc) is 2.34. The van der Waals surface area contributed by atoms with Crippen molar-refractivity contribution in [2.75, 3.05) is 31.7 Å². The number of nitrogens with two attached hydrogens (primary N) is 1. The van der Waals surface area contributed by atoms with E-state index in [1.165, 1.54) is 11.3 Å². The van der Waals surface area contributed by atoms with Crippen LogP contribution in [0.2, 0.25) is 0 Å². The quantitative estimate of drug-likeness (QED) is 0.840. The number of methoxy groups -OCH3 is 1. The molecule has 0 unspecified atom stereocenters. The highest BCUT2D eigenvalue weighted by Gasteiger charge is 2.12. The van der Waals surface area contributed by atoms with E-state index in [1.807, 2.05) is 6.07 Å². The van der Waals surface area contributed by atoms with Crippen LogP contribution in [0, 0.1) is 5.92 Å². The molecule has 0 atom stereocenters. The van der Waals surface area contributed by atoms with Crippen LogP contribution < -0.4 is 10.6 Å². The summed E-state index contributed by atoms with van der Waals surface area (Å²) in [4.78, 5) is 2.35. The molecular formula is C14H23BrN2O. The Labute approximate surface area is 118 Å². The molecule has 0 amide bonds. The van der Waals surface area contributed by atoms with Gasteiger partial charge in [0.25, 0.3) is 0 Å². The number of anilines is 1. The summed E-state index contributed by atoms with van der Waals surface area (Å²) in [5.41, 5.74) is 8.21. The minimum atomic E-state index is 0.560. The number of hydrogen-bond donors (Lipinski definition) is 1. The van der Waals surface area contributed by atoms with Crippen LogP contribution in [0.1, 0.15) is 19.4 Å². The molecule has 2 N–H and O–H groups in total. The van der Waals surface area contributed by atoms with E-state index < -0.39 is 0 Å². The van der Waals surface area contributed by atoms with Gasteiger partial charge in [-0.3, -0.25) is 0 Å². The standard InChI is InChI=1S/C14H23BrN2O/c1-11(2)10-17(6-7-18-3)14-8-13(15)5-4-12(14)9-16/h4-5,8,11H,6-7,9-10,16H2,1-3H3. The van der Waals surface area contributed by atoms with Crippen molar-refractivity contribution in [1.82, 2.24) is 0 Å². The fourth-order valence-corrected chi connectivity index (χ4v) is 2.31. The average molecular weight is 315 g/mol. The maximum Gasteiger partial charge on any atom is 0.0637 e. The molecule has 0 bridgehead atoms. The van der Waals surface area contributed by atoms with E-state index in [4.69, 9.17) is 10.5 Å². The number of nitrogens with zero attached hydrogens (tertiary/aromatic N) is 1. The van der Waals surface area contributed by atoms with E-state index in [0.29, 0.717) is 12.5 Å². The summed E-state index contributed by atoms with van der Waals surface area (Å²) in [6.07, 6.45) is 0. The van der Waals surface area contributed by atoms with E-state index in [9.17, 15) is 0 Å². The Bertz CT molecular complexity index is 369. The maximum atomic E-state index is 5.82. The summed E-state index contributed by atoms with van der Waals surface area (Å²) in [6, 6.07) is 6.26. The third kappa shape index (κ3) is 4.59. The molecule has 0 saturated carbocycles. The molecule has 1 rings (SSSR count). The highest BCUT2D eigenvalue weighted by atomic mass is 79.9. The Morgan fingerprint density at radius 2 is 2.11 bits per heavy atom. The second-order valence-corrected chi connectivity index (χ2v) is 5.73. The smallest absolute Gasteiger partial charge is 0.0637 e. The Balaban J connectivity index is 2.98. The minimum Gasteiger partial charge on any atom is -0.383 e. The van der Waals surface area contributed by atoms with Gasteiger partial charge in [-0.2, -0.15) is 0 Å². The van der Waals surface area contributed by atoms with Crippen LogP contribution >= 0.6 is 15.9 Å². The van der Waals surface area contributed by atoms with Gasteiger partial charge < -0.3 is 15.4 Å². The van der Waals surface area contributed by atoms with Crippen LogP contribution in [0.3, 0.4) is 0 Å². The van der Waals surface area contributed by atoms with E-state index in [2.05, 4.69) is 46.8 Å². The first kappa shape index (κ1) is 15.5. The molecule has 0 heterocycles. The van der Waals surface area contributed by atoms with Gasteiger partial charge in [0.15, 0.2) is 0 Å². The zero-order valence-electron chi connectivity index (χ0n) is 11.4. The van der Waals surface area contributed by atoms with Crippen molar-refractivity contribution in [2.45, 2.75) is 20.4 Å². The van der Waals surface area contributed by atoms with Gasteiger partial charge in [-0.15, -0.1) is 0 Å². The maximum absolute atomic E-state index is 5.82. The van der Waals surface area contributed by atoms with Crippen LogP contribution in [-0.2, 0) is 11.3 Å². The number of ether oxygens (including phenoxy) is 1. The van der Waals surface area contributed by atoms with Crippen molar-refractivity contribution in [3.8, 4) is 0 Å². The first-order valence-corrected chi connectivity index (χ1v) is 7.10. The summed E-state index contributed by atoms with van der Waals surface area (Å²) in [5.74, 6) is 0.603. The van der Waals surface area contributed by atoms with E-state index in [0.717, 1.165) is 24.2 Å². The Kier molecular flexibility index (Phi) is 6.68. The first-order valence-electron chi connectivity index (χ1n) is 6.30. The normalized spacial score (nSPS) is 11.0. The summed E-state index contributed by atoms with van der Waals surface area (Å²) < 4.78 is 6.28. The van der Waals surface area contributed by atoms with Crippen LogP contribution in [0.5, 0.6) is 0 Å². The van der Waals surface area contributed by atoms with Gasteiger partial charge in [-0.25, -0.2) is 0 Å². The molecule has 0 aliphatic carbocycles. The monoisotopic (exact) mass is 314 g/mol. The highest BCUT2D eigenvalue weighted by Crippen LogP contribution is 2.25. The van der Waals surface area contributed by atoms with Crippen molar-refractivity contribution in [1.29, 1.82) is 0 Å². The SMILES string of the molecule is COCCN(CC(C)C)c1cc(Br)ccc1CN. The zero-order chi connectivity index (χ0) is 13.5. The van der Waals surface area contributed by atoms with Crippen molar-refractivity contribution in [3.05, 3.63) is 28.2 Å². The molecule has 1 aromatic carbocycles. The van der Waals surface area contributed by atoms with Crippen LogP contribution in [0.15, 0.2) is 22.7 Å². The second-order valence-electron chi connectivity index (χ2n) is 4.81. The van der Waals surface area contributed by atoms with Crippen LogP contribution in [-0.4, -0.2) is 26.8 Å². The van der Waals surface area contributed by atoms with Gasteiger partial charge in [-0.1, -0.05) is 35.8 Å². The van der Waals surface area contributed by atoms with Gasteiger partial charge >= 0.3 is 0 Å². The van der Waals surface area contributed by atoms with E-state index in [-0.39, 0.29) is 0 Å². The first-order chi connectivity index (χ1) is 8.58. The molecule has 1 aromatic rings. The number of hydrogen-bond acceptors (Lipinski definition) is 3. The third-order valence-electron chi connectivity index (χ3n) is 2.76. The van der Waals surface area contributed by atoms with Gasteiger partial charge in [0.2, 0.25) is 0 Å². The zero-order valence-corrected chi connectivity index (χ0v) is 13.0. The van der Waals surface area contributed by atoms with Crippen LogP contribution in [0.25, 0.3) is 0 Å². The molecule has 102 valence electrons. The fraction of sp³-hybridized carbons (Fsp3) is 0.571. The number of benzene rings is 1. The lowest BCUT2D eigenvalue weighted by Gasteiger charge is -2.28. The van der Waals surface area contributed by atoms with Gasteiger partial charge in [-0.05, 0) is 23.6 Å². The third-order valence-corrected chi connectivity index (χ3v) is 3.25. The van der Waals surface area contributed by atoms with Crippen molar-refractivity contribution < 1.29 is 4.74 Å². The molecule has 0 aliphatic heterocycles. The Morgan fingerprint density at radius 1 is 1.39 bits per heavy atom. The Morgan fingerprint density at radius 3 is 2.67 bits per heavy atom. The lowest BCUT2D eigenvalue weighted by molar-refractivity contribution is 0.204. The molecule has 3 nitrogen and oxygen atoms in total. The second kappa shape index (κ2) is 7.77. The summed E-state index contributed by atoms with van der Waals surface area (Å²) in [6.45, 7) is 7.62. The summed E-state index contributed by atoms with van der Waals surface area (Å²) in [7, 11) is 1.73. The van der Waals surface area contributed by atoms with Gasteiger partial charge in [0, 0.05) is 36.9 Å². The lowest BCUT2D eigenvalue weighted by atomic mass is 10.1. The van der Waals surface area contributed by atoms with Crippen molar-refractivity contribution >= 4 is 21.6 Å². The molecule has 0 fully saturated rings. The topological polar surface area (TPSA) is 38.5 Å². The molecular weight excluding hydrogens is 292 g/mol. The largest absolute Gasteiger partial charge is 0.383 e. The summed E-state index contributed by atoms with van der Waals surface area (Å²) in [5, 5.41) is 0. The molecule has 0 saturated heterocycles. The number of rotatable bonds is 7. The molecule has 0 aromatic heterocycles. The minimum absolute atomic E-state index is 0.560. The Hall–Kier alpha value is -0.580. The lowest BCUT2D eigenvalue weighted by Crippen LogP contribution is -2.32. The van der Waals surface area contributed by atoms with Crippen LogP contribution in [0.4, 0.5) is 5.69 Å². The molecule has 4 heteroatoms. The van der Waals surface area contributed by atoms with Gasteiger partial charge in [0.1, 0.15) is 0 Å². The highest BCUT2D eigenvalue weighted by molar-refractivity contribution is 9.10. The van der Waals surface area contributed by atoms with Gasteiger partial charge in [0.05, 0.1) is 6.61 Å². The summed E-state index contributed by atoms with van der Waals surface area (Å²) >= 11 is 3.53. The van der Waals surface area contributed by atoms with E-state index in [1.54, 1.807) is 7.11 Å². The molecule has 18 heavy (non-hydrogen) atoms. The predicted octanol–water partition coefficient (Wildman–Crippen LogP) is 3.02. The number of halogens is 1. The predicted molar refractivity (Wildman–Crippen MR) is 81.0 cm³/mol. The fourth-order valence-electron chi connectivity index (χ4n) is 1.96. The molecule has 0 radical (unpaired) electrons. The van der Waals surface area contributed by atoms with Crippen molar-refractivity contribution in [3.63, 3.8) is 0 Å². The molecule has 0 aliphatic rings. The molecule has 0 spiro atoms. The van der Waals surface area contributed by atoms with E-state index >= 15 is 0 Å². The van der Waals surface area contributed by atoms with Crippen molar-refractivity contribution in [2.24, 2.45) is 11.7 Å².